The second-order valence-corrected chi connectivity index (χ2v) is 4.03. The zero-order valence-corrected chi connectivity index (χ0v) is 13.3. The molecule has 0 atom stereocenters. The summed E-state index contributed by atoms with van der Waals surface area (Å²) < 4.78 is 0. The van der Waals surface area contributed by atoms with Gasteiger partial charge in [0.2, 0.25) is 0 Å². The number of rotatable bonds is 5. The van der Waals surface area contributed by atoms with Gasteiger partial charge < -0.3 is 5.73 Å². The Hall–Kier alpha value is -1.20. The van der Waals surface area contributed by atoms with E-state index < -0.39 is 0 Å². The predicted octanol–water partition coefficient (Wildman–Crippen LogP) is 5.61. The van der Waals surface area contributed by atoms with Crippen molar-refractivity contribution in [2.24, 2.45) is 11.7 Å². The molecule has 1 heteroatoms. The lowest BCUT2D eigenvalue weighted by Crippen LogP contribution is -2.01. The number of nitrogens with two attached hydrogens (primary N) is 1. The molecular weight excluding hydrogens is 218 g/mol. The van der Waals surface area contributed by atoms with E-state index in [9.17, 15) is 0 Å². The van der Waals surface area contributed by atoms with E-state index in [-0.39, 0.29) is 0 Å². The van der Waals surface area contributed by atoms with E-state index in [0.717, 1.165) is 30.9 Å². The highest BCUT2D eigenvalue weighted by Crippen LogP contribution is 2.13. The molecule has 0 aromatic heterocycles. The molecule has 0 bridgehead atoms. The molecule has 0 unspecified atom stereocenters. The first-order valence-electron chi connectivity index (χ1n) is 6.97. The minimum absolute atomic E-state index is 0.718. The molecule has 106 valence electrons. The van der Waals surface area contributed by atoms with Crippen LogP contribution in [-0.4, -0.2) is 0 Å². The predicted molar refractivity (Wildman–Crippen MR) is 86.5 cm³/mol. The van der Waals surface area contributed by atoms with Gasteiger partial charge in [-0.1, -0.05) is 66.9 Å². The van der Waals surface area contributed by atoms with Gasteiger partial charge in [-0.3, -0.25) is 0 Å². The third-order valence-corrected chi connectivity index (χ3v) is 2.01. The lowest BCUT2D eigenvalue weighted by Gasteiger charge is -2.06. The summed E-state index contributed by atoms with van der Waals surface area (Å²) in [5, 5.41) is 0. The van der Waals surface area contributed by atoms with E-state index in [1.54, 1.807) is 0 Å². The van der Waals surface area contributed by atoms with Gasteiger partial charge in [-0.25, -0.2) is 0 Å². The number of hydrogen-bond acceptors (Lipinski definition) is 1. The van der Waals surface area contributed by atoms with Crippen LogP contribution in [0.3, 0.4) is 0 Å². The standard InChI is InChI=1S/C12H23N.C3H4.C2H6/c1-5-7-12(13)11(6-2)9-8-10(3)4;1-3-2;1-2/h7,9-10H,5-6,8,13H2,1-4H3;1-2H2;1-2H3/b11-9-,12-7+;;. The fraction of sp³-hybridized carbons (Fsp3) is 0.588. The summed E-state index contributed by atoms with van der Waals surface area (Å²) in [7, 11) is 0. The maximum atomic E-state index is 5.92. The zero-order valence-electron chi connectivity index (χ0n) is 13.3. The molecule has 0 aliphatic heterocycles. The normalized spacial score (nSPS) is 10.8. The summed E-state index contributed by atoms with van der Waals surface area (Å²) in [6, 6.07) is 0. The molecule has 0 heterocycles. The molecule has 1 nitrogen and oxygen atoms in total. The summed E-state index contributed by atoms with van der Waals surface area (Å²) in [6.07, 6.45) is 7.54. The van der Waals surface area contributed by atoms with Crippen LogP contribution in [-0.2, 0) is 0 Å². The summed E-state index contributed by atoms with van der Waals surface area (Å²) in [5.74, 6) is 0.718. The van der Waals surface area contributed by atoms with Gasteiger partial charge in [0.25, 0.3) is 0 Å². The average molecular weight is 251 g/mol. The Morgan fingerprint density at radius 3 is 1.89 bits per heavy atom. The Balaban J connectivity index is -0.000000389. The van der Waals surface area contributed by atoms with Gasteiger partial charge in [0, 0.05) is 5.70 Å². The third kappa shape index (κ3) is 17.2. The minimum Gasteiger partial charge on any atom is -0.399 e. The Bertz CT molecular complexity index is 251. The van der Waals surface area contributed by atoms with E-state index in [1.165, 1.54) is 5.57 Å². The fourth-order valence-electron chi connectivity index (χ4n) is 1.20. The van der Waals surface area contributed by atoms with Crippen molar-refractivity contribution in [1.29, 1.82) is 0 Å². The highest BCUT2D eigenvalue weighted by molar-refractivity contribution is 5.27. The second-order valence-electron chi connectivity index (χ2n) is 4.03. The Morgan fingerprint density at radius 2 is 1.61 bits per heavy atom. The van der Waals surface area contributed by atoms with E-state index in [1.807, 2.05) is 13.8 Å². The summed E-state index contributed by atoms with van der Waals surface area (Å²) >= 11 is 0. The Kier molecular flexibility index (Phi) is 22.2. The van der Waals surface area contributed by atoms with Crippen LogP contribution in [0, 0.1) is 5.92 Å². The third-order valence-electron chi connectivity index (χ3n) is 2.01. The molecular formula is C17H33N. The first-order chi connectivity index (χ1) is 8.53. The van der Waals surface area contributed by atoms with Crippen molar-refractivity contribution in [3.8, 4) is 0 Å². The van der Waals surface area contributed by atoms with Gasteiger partial charge in [0.15, 0.2) is 0 Å². The van der Waals surface area contributed by atoms with E-state index in [4.69, 9.17) is 5.73 Å². The van der Waals surface area contributed by atoms with Gasteiger partial charge in [-0.05, 0) is 30.8 Å². The zero-order chi connectivity index (χ0) is 15.0. The van der Waals surface area contributed by atoms with E-state index in [0.29, 0.717) is 0 Å². The quantitative estimate of drug-likeness (QED) is 0.499. The largest absolute Gasteiger partial charge is 0.399 e. The van der Waals surface area contributed by atoms with Crippen LogP contribution in [0.4, 0.5) is 0 Å². The van der Waals surface area contributed by atoms with Gasteiger partial charge in [-0.15, -0.1) is 5.73 Å². The molecule has 0 aromatic carbocycles. The van der Waals surface area contributed by atoms with Crippen LogP contribution >= 0.6 is 0 Å². The van der Waals surface area contributed by atoms with Gasteiger partial charge in [0.05, 0.1) is 0 Å². The van der Waals surface area contributed by atoms with Gasteiger partial charge >= 0.3 is 0 Å². The topological polar surface area (TPSA) is 26.0 Å². The number of allylic oxidation sites excluding steroid dienone is 3. The summed E-state index contributed by atoms with van der Waals surface area (Å²) in [6.45, 7) is 19.0. The van der Waals surface area contributed by atoms with Crippen LogP contribution in [0.15, 0.2) is 42.3 Å². The molecule has 0 amide bonds. The molecule has 0 rings (SSSR count). The molecule has 0 saturated carbocycles. The SMILES string of the molecule is C=C=C.CC.CC/C=C(N)\C(=C/CC(C)C)CC. The lowest BCUT2D eigenvalue weighted by molar-refractivity contribution is 0.660. The van der Waals surface area contributed by atoms with Crippen LogP contribution in [0.2, 0.25) is 0 Å². The minimum atomic E-state index is 0.718. The monoisotopic (exact) mass is 251 g/mol. The van der Waals surface area contributed by atoms with Crippen molar-refractivity contribution in [3.05, 3.63) is 42.3 Å². The summed E-state index contributed by atoms with van der Waals surface area (Å²) in [4.78, 5) is 0. The molecule has 2 N–H and O–H groups in total. The lowest BCUT2D eigenvalue weighted by atomic mass is 10.0. The average Bonchev–Trinajstić information content (AvgIpc) is 2.33. The van der Waals surface area contributed by atoms with Crippen molar-refractivity contribution >= 4 is 0 Å². The molecule has 0 fully saturated rings. The Morgan fingerprint density at radius 1 is 1.17 bits per heavy atom. The van der Waals surface area contributed by atoms with Crippen LogP contribution in [0.25, 0.3) is 0 Å². The first-order valence-corrected chi connectivity index (χ1v) is 6.97. The summed E-state index contributed by atoms with van der Waals surface area (Å²) in [5.41, 5.74) is 10.4. The second kappa shape index (κ2) is 18.2. The van der Waals surface area contributed by atoms with Crippen molar-refractivity contribution < 1.29 is 0 Å². The molecule has 0 radical (unpaired) electrons. The molecule has 0 aliphatic carbocycles. The molecule has 0 aromatic rings. The van der Waals surface area contributed by atoms with Crippen LogP contribution in [0.5, 0.6) is 0 Å². The highest BCUT2D eigenvalue weighted by Gasteiger charge is 1.98. The molecule has 18 heavy (non-hydrogen) atoms. The molecule has 0 aliphatic rings. The molecule has 0 spiro atoms. The molecule has 0 saturated heterocycles. The highest BCUT2D eigenvalue weighted by atomic mass is 14.6. The van der Waals surface area contributed by atoms with Crippen molar-refractivity contribution in [3.63, 3.8) is 0 Å². The maximum absolute atomic E-state index is 5.92. The van der Waals surface area contributed by atoms with E-state index >= 15 is 0 Å². The number of hydrogen-bond donors (Lipinski definition) is 1. The van der Waals surface area contributed by atoms with E-state index in [2.05, 4.69) is 58.7 Å². The van der Waals surface area contributed by atoms with Crippen LogP contribution < -0.4 is 5.73 Å². The first kappa shape index (κ1) is 22.0. The van der Waals surface area contributed by atoms with Crippen molar-refractivity contribution in [2.75, 3.05) is 0 Å². The fourth-order valence-corrected chi connectivity index (χ4v) is 1.20. The van der Waals surface area contributed by atoms with Crippen molar-refractivity contribution in [2.45, 2.75) is 60.8 Å². The smallest absolute Gasteiger partial charge is 0.0302 e. The van der Waals surface area contributed by atoms with Gasteiger partial charge in [0.1, 0.15) is 0 Å². The van der Waals surface area contributed by atoms with Crippen LogP contribution in [0.1, 0.15) is 60.8 Å². The Labute approximate surface area is 115 Å². The van der Waals surface area contributed by atoms with Gasteiger partial charge in [-0.2, -0.15) is 0 Å². The van der Waals surface area contributed by atoms with Crippen molar-refractivity contribution in [1.82, 2.24) is 0 Å². The maximum Gasteiger partial charge on any atom is 0.0302 e.